The number of sulfonamides is 1. The Balaban J connectivity index is 2.27. The van der Waals surface area contributed by atoms with Crippen LogP contribution in [0.15, 0.2) is 47.4 Å². The van der Waals surface area contributed by atoms with Crippen LogP contribution < -0.4 is 10.2 Å². The second-order valence-corrected chi connectivity index (χ2v) is 8.38. The van der Waals surface area contributed by atoms with Crippen LogP contribution >= 0.6 is 0 Å². The van der Waals surface area contributed by atoms with Crippen molar-refractivity contribution in [2.24, 2.45) is 0 Å². The molecule has 0 fully saturated rings. The molecule has 152 valence electrons. The highest BCUT2D eigenvalue weighted by Crippen LogP contribution is 2.29. The van der Waals surface area contributed by atoms with Gasteiger partial charge in [0.25, 0.3) is 5.69 Å². The molecule has 1 N–H and O–H groups in total. The van der Waals surface area contributed by atoms with E-state index in [4.69, 9.17) is 0 Å². The van der Waals surface area contributed by atoms with Crippen molar-refractivity contribution < 1.29 is 13.3 Å². The molecule has 2 aromatic carbocycles. The third-order valence-corrected chi connectivity index (χ3v) is 6.49. The highest BCUT2D eigenvalue weighted by molar-refractivity contribution is 7.89. The summed E-state index contributed by atoms with van der Waals surface area (Å²) in [6.07, 6.45) is 0. The molecule has 2 aromatic rings. The van der Waals surface area contributed by atoms with Gasteiger partial charge in [-0.05, 0) is 29.8 Å². The van der Waals surface area contributed by atoms with Gasteiger partial charge in [0.2, 0.25) is 10.0 Å². The van der Waals surface area contributed by atoms with Crippen LogP contribution in [0.25, 0.3) is 0 Å². The van der Waals surface area contributed by atoms with Crippen LogP contribution in [0.1, 0.15) is 19.4 Å². The molecule has 0 spiro atoms. The lowest BCUT2D eigenvalue weighted by molar-refractivity contribution is -0.384. The van der Waals surface area contributed by atoms with Gasteiger partial charge in [-0.3, -0.25) is 10.1 Å². The van der Waals surface area contributed by atoms with Crippen LogP contribution in [0, 0.1) is 10.1 Å². The van der Waals surface area contributed by atoms with Crippen molar-refractivity contribution in [1.82, 2.24) is 4.31 Å². The van der Waals surface area contributed by atoms with Crippen LogP contribution in [0.2, 0.25) is 0 Å². The Morgan fingerprint density at radius 1 is 1.04 bits per heavy atom. The zero-order chi connectivity index (χ0) is 20.9. The zero-order valence-corrected chi connectivity index (χ0v) is 17.4. The molecule has 0 radical (unpaired) electrons. The first-order valence-electron chi connectivity index (χ1n) is 8.99. The fourth-order valence-corrected chi connectivity index (χ4v) is 4.27. The fourth-order valence-electron chi connectivity index (χ4n) is 2.79. The molecule has 0 amide bonds. The van der Waals surface area contributed by atoms with E-state index in [2.05, 4.69) is 5.32 Å². The molecule has 0 aromatic heterocycles. The highest BCUT2D eigenvalue weighted by Gasteiger charge is 2.25. The zero-order valence-electron chi connectivity index (χ0n) is 16.5. The SMILES string of the molecule is CCN(CC)S(=O)(=O)c1ccc(NCc2ccc(N(C)C)cc2)c([N+](=O)[O-])c1. The van der Waals surface area contributed by atoms with Gasteiger partial charge in [-0.2, -0.15) is 4.31 Å². The molecule has 28 heavy (non-hydrogen) atoms. The minimum absolute atomic E-state index is 0.0798. The summed E-state index contributed by atoms with van der Waals surface area (Å²) >= 11 is 0. The van der Waals surface area contributed by atoms with Crippen LogP contribution in [-0.2, 0) is 16.6 Å². The maximum absolute atomic E-state index is 12.6. The summed E-state index contributed by atoms with van der Waals surface area (Å²) in [7, 11) is 0.140. The quantitative estimate of drug-likeness (QED) is 0.507. The Morgan fingerprint density at radius 3 is 2.14 bits per heavy atom. The third kappa shape index (κ3) is 4.79. The van der Waals surface area contributed by atoms with E-state index in [9.17, 15) is 18.5 Å². The lowest BCUT2D eigenvalue weighted by Crippen LogP contribution is -2.30. The molecule has 0 saturated carbocycles. The average molecular weight is 407 g/mol. The second kappa shape index (κ2) is 9.03. The number of nitro groups is 1. The summed E-state index contributed by atoms with van der Waals surface area (Å²) in [4.78, 5) is 12.8. The summed E-state index contributed by atoms with van der Waals surface area (Å²) < 4.78 is 26.5. The summed E-state index contributed by atoms with van der Waals surface area (Å²) in [5.74, 6) is 0. The van der Waals surface area contributed by atoms with Crippen molar-refractivity contribution in [3.8, 4) is 0 Å². The largest absolute Gasteiger partial charge is 0.378 e. The molecule has 8 nitrogen and oxygen atoms in total. The van der Waals surface area contributed by atoms with E-state index >= 15 is 0 Å². The Kier molecular flexibility index (Phi) is 6.98. The maximum atomic E-state index is 12.6. The number of benzene rings is 2. The summed E-state index contributed by atoms with van der Waals surface area (Å²) in [5, 5.41) is 14.5. The van der Waals surface area contributed by atoms with E-state index < -0.39 is 14.9 Å². The van der Waals surface area contributed by atoms with Crippen LogP contribution in [0.4, 0.5) is 17.1 Å². The second-order valence-electron chi connectivity index (χ2n) is 6.44. The molecular weight excluding hydrogens is 380 g/mol. The van der Waals surface area contributed by atoms with Gasteiger partial charge in [-0.1, -0.05) is 26.0 Å². The van der Waals surface area contributed by atoms with Crippen molar-refractivity contribution in [1.29, 1.82) is 0 Å². The highest BCUT2D eigenvalue weighted by atomic mass is 32.2. The number of nitro benzene ring substituents is 1. The predicted octanol–water partition coefficient (Wildman–Crippen LogP) is 3.30. The van der Waals surface area contributed by atoms with E-state index in [1.807, 2.05) is 43.3 Å². The van der Waals surface area contributed by atoms with E-state index in [0.717, 1.165) is 17.3 Å². The first-order valence-corrected chi connectivity index (χ1v) is 10.4. The molecule has 2 rings (SSSR count). The van der Waals surface area contributed by atoms with Crippen LogP contribution in [0.3, 0.4) is 0 Å². The van der Waals surface area contributed by atoms with Gasteiger partial charge in [-0.25, -0.2) is 8.42 Å². The van der Waals surface area contributed by atoms with Crippen LogP contribution in [0.5, 0.6) is 0 Å². The average Bonchev–Trinajstić information content (AvgIpc) is 2.67. The normalized spacial score (nSPS) is 11.5. The number of anilines is 2. The van der Waals surface area contributed by atoms with Gasteiger partial charge in [0.1, 0.15) is 5.69 Å². The van der Waals surface area contributed by atoms with Gasteiger partial charge in [0.15, 0.2) is 0 Å². The van der Waals surface area contributed by atoms with Gasteiger partial charge in [0.05, 0.1) is 9.82 Å². The van der Waals surface area contributed by atoms with Gasteiger partial charge >= 0.3 is 0 Å². The Labute approximate surface area is 166 Å². The molecule has 0 aliphatic carbocycles. The third-order valence-electron chi connectivity index (χ3n) is 4.44. The number of nitrogens with one attached hydrogen (secondary N) is 1. The molecule has 0 aliphatic heterocycles. The van der Waals surface area contributed by atoms with E-state index in [1.165, 1.54) is 16.4 Å². The molecule has 0 aliphatic rings. The van der Waals surface area contributed by atoms with Gasteiger partial charge in [-0.15, -0.1) is 0 Å². The minimum Gasteiger partial charge on any atom is -0.378 e. The van der Waals surface area contributed by atoms with Crippen LogP contribution in [-0.4, -0.2) is 44.8 Å². The van der Waals surface area contributed by atoms with Crippen molar-refractivity contribution in [2.75, 3.05) is 37.4 Å². The lowest BCUT2D eigenvalue weighted by Gasteiger charge is -2.18. The molecule has 0 unspecified atom stereocenters. The predicted molar refractivity (Wildman–Crippen MR) is 111 cm³/mol. The van der Waals surface area contributed by atoms with Gasteiger partial charge in [0, 0.05) is 45.5 Å². The van der Waals surface area contributed by atoms with Crippen molar-refractivity contribution >= 4 is 27.1 Å². The van der Waals surface area contributed by atoms with Crippen molar-refractivity contribution in [2.45, 2.75) is 25.3 Å². The topological polar surface area (TPSA) is 95.8 Å². The van der Waals surface area contributed by atoms with Crippen molar-refractivity contribution in [3.05, 3.63) is 58.1 Å². The lowest BCUT2D eigenvalue weighted by atomic mass is 10.2. The first-order chi connectivity index (χ1) is 13.2. The summed E-state index contributed by atoms with van der Waals surface area (Å²) in [5.41, 5.74) is 2.03. The van der Waals surface area contributed by atoms with E-state index in [1.54, 1.807) is 13.8 Å². The fraction of sp³-hybridized carbons (Fsp3) is 0.368. The minimum atomic E-state index is -3.76. The number of hydrogen-bond acceptors (Lipinski definition) is 6. The Morgan fingerprint density at radius 2 is 1.64 bits per heavy atom. The molecule has 0 atom stereocenters. The Bertz CT molecular complexity index is 923. The molecule has 0 bridgehead atoms. The van der Waals surface area contributed by atoms with Crippen molar-refractivity contribution in [3.63, 3.8) is 0 Å². The smallest absolute Gasteiger partial charge is 0.293 e. The maximum Gasteiger partial charge on any atom is 0.293 e. The van der Waals surface area contributed by atoms with E-state index in [0.29, 0.717) is 19.6 Å². The Hall–Kier alpha value is -2.65. The van der Waals surface area contributed by atoms with E-state index in [-0.39, 0.29) is 16.3 Å². The number of hydrogen-bond donors (Lipinski definition) is 1. The first kappa shape index (κ1) is 21.6. The molecule has 0 saturated heterocycles. The molecule has 0 heterocycles. The van der Waals surface area contributed by atoms with Gasteiger partial charge < -0.3 is 10.2 Å². The number of nitrogens with zero attached hydrogens (tertiary/aromatic N) is 3. The summed E-state index contributed by atoms with van der Waals surface area (Å²) in [6.45, 7) is 4.45. The molecule has 9 heteroatoms. The monoisotopic (exact) mass is 406 g/mol. The molecular formula is C19H26N4O4S. The standard InChI is InChI=1S/C19H26N4O4S/c1-5-22(6-2)28(26,27)17-11-12-18(19(13-17)23(24)25)20-14-15-7-9-16(10-8-15)21(3)4/h7-13,20H,5-6,14H2,1-4H3. The summed E-state index contributed by atoms with van der Waals surface area (Å²) in [6, 6.07) is 11.8. The number of rotatable bonds is 9.